The molecule has 2 aromatic carbocycles. The summed E-state index contributed by atoms with van der Waals surface area (Å²) in [5.74, 6) is 0.476. The van der Waals surface area contributed by atoms with Gasteiger partial charge in [-0.1, -0.05) is 41.9 Å². The summed E-state index contributed by atoms with van der Waals surface area (Å²) in [4.78, 5) is 12.2. The Morgan fingerprint density at radius 1 is 1.17 bits per heavy atom. The molecule has 2 aromatic heterocycles. The third-order valence-electron chi connectivity index (χ3n) is 6.11. The molecule has 0 saturated heterocycles. The highest BCUT2D eigenvalue weighted by Crippen LogP contribution is 2.33. The lowest BCUT2D eigenvalue weighted by Gasteiger charge is -2.10. The van der Waals surface area contributed by atoms with Gasteiger partial charge in [-0.25, -0.2) is 8.42 Å². The van der Waals surface area contributed by atoms with Crippen LogP contribution in [0, 0.1) is 0 Å². The van der Waals surface area contributed by atoms with Crippen molar-refractivity contribution in [3.63, 3.8) is 0 Å². The molecule has 1 atom stereocenters. The standard InChI is InChI=1S/C26H28ClN3O4S2/c1-17(28-2)22(31)11-10-18-6-4-7-19(14-18)15-30-21-8-5-9-23(34-3)26(21)20(29-30)16-36(32,33)25-13-12-24(27)35-25/h4-9,12-14,17,28H,10-11,15-16H2,1-3H3/t17-/m0/s1. The molecule has 1 N–H and O–H groups in total. The van der Waals surface area contributed by atoms with Crippen LogP contribution in [0.3, 0.4) is 0 Å². The van der Waals surface area contributed by atoms with Crippen LogP contribution in [-0.4, -0.2) is 44.2 Å². The zero-order valence-electron chi connectivity index (χ0n) is 20.3. The molecule has 0 aliphatic carbocycles. The topological polar surface area (TPSA) is 90.3 Å². The molecular formula is C26H28ClN3O4S2. The van der Waals surface area contributed by atoms with Gasteiger partial charge < -0.3 is 10.1 Å². The molecule has 0 radical (unpaired) electrons. The fourth-order valence-corrected chi connectivity index (χ4v) is 6.93. The number of carbonyl (C=O) groups is 1. The largest absolute Gasteiger partial charge is 0.496 e. The van der Waals surface area contributed by atoms with Crippen molar-refractivity contribution in [1.82, 2.24) is 15.1 Å². The third-order valence-corrected chi connectivity index (χ3v) is 9.55. The number of nitrogens with one attached hydrogen (secondary N) is 1. The summed E-state index contributed by atoms with van der Waals surface area (Å²) in [5.41, 5.74) is 3.28. The number of thiophene rings is 1. The summed E-state index contributed by atoms with van der Waals surface area (Å²) in [6, 6.07) is 16.5. The van der Waals surface area contributed by atoms with Crippen LogP contribution in [0.4, 0.5) is 0 Å². The summed E-state index contributed by atoms with van der Waals surface area (Å²) in [6.07, 6.45) is 1.11. The first-order valence-corrected chi connectivity index (χ1v) is 14.3. The first kappa shape index (κ1) is 26.3. The maximum atomic E-state index is 13.1. The van der Waals surface area contributed by atoms with Crippen LogP contribution in [0.2, 0.25) is 4.34 Å². The van der Waals surface area contributed by atoms with Crippen LogP contribution in [0.5, 0.6) is 5.75 Å². The fourth-order valence-electron chi connectivity index (χ4n) is 4.08. The Labute approximate surface area is 220 Å². The van der Waals surface area contributed by atoms with E-state index in [1.165, 1.54) is 6.07 Å². The molecule has 0 saturated carbocycles. The van der Waals surface area contributed by atoms with E-state index >= 15 is 0 Å². The molecule has 0 aliphatic rings. The number of ketones is 1. The lowest BCUT2D eigenvalue weighted by molar-refractivity contribution is -0.120. The fraction of sp³-hybridized carbons (Fsp3) is 0.308. The number of aryl methyl sites for hydroxylation is 1. The predicted molar refractivity (Wildman–Crippen MR) is 144 cm³/mol. The lowest BCUT2D eigenvalue weighted by atomic mass is 10.0. The van der Waals surface area contributed by atoms with Crippen molar-refractivity contribution in [2.24, 2.45) is 0 Å². The number of aromatic nitrogens is 2. The Morgan fingerprint density at radius 2 is 1.92 bits per heavy atom. The summed E-state index contributed by atoms with van der Waals surface area (Å²) in [5, 5.41) is 8.37. The van der Waals surface area contributed by atoms with Crippen molar-refractivity contribution < 1.29 is 17.9 Å². The van der Waals surface area contributed by atoms with E-state index in [2.05, 4.69) is 11.4 Å². The van der Waals surface area contributed by atoms with E-state index in [0.717, 1.165) is 28.0 Å². The van der Waals surface area contributed by atoms with Gasteiger partial charge in [-0.15, -0.1) is 11.3 Å². The number of rotatable bonds is 11. The van der Waals surface area contributed by atoms with Crippen LogP contribution in [0.1, 0.15) is 30.2 Å². The molecular weight excluding hydrogens is 518 g/mol. The van der Waals surface area contributed by atoms with Crippen molar-refractivity contribution in [1.29, 1.82) is 0 Å². The second-order valence-corrected chi connectivity index (χ2v) is 12.5. The monoisotopic (exact) mass is 545 g/mol. The van der Waals surface area contributed by atoms with Gasteiger partial charge in [-0.2, -0.15) is 5.10 Å². The van der Waals surface area contributed by atoms with Crippen LogP contribution in [0.15, 0.2) is 58.8 Å². The molecule has 190 valence electrons. The Bertz CT molecular complexity index is 1490. The van der Waals surface area contributed by atoms with E-state index in [1.54, 1.807) is 31.0 Å². The maximum absolute atomic E-state index is 13.1. The van der Waals surface area contributed by atoms with E-state index in [4.69, 9.17) is 21.4 Å². The first-order chi connectivity index (χ1) is 17.2. The Hall–Kier alpha value is -2.72. The van der Waals surface area contributed by atoms with Crippen LogP contribution < -0.4 is 10.1 Å². The quantitative estimate of drug-likeness (QED) is 0.288. The van der Waals surface area contributed by atoms with E-state index in [1.807, 2.05) is 37.3 Å². The molecule has 2 heterocycles. The number of sulfone groups is 1. The number of nitrogens with zero attached hydrogens (tertiary/aromatic N) is 2. The van der Waals surface area contributed by atoms with Crippen molar-refractivity contribution in [3.05, 3.63) is 75.8 Å². The maximum Gasteiger partial charge on any atom is 0.193 e. The van der Waals surface area contributed by atoms with Gasteiger partial charge in [0.25, 0.3) is 0 Å². The van der Waals surface area contributed by atoms with E-state index in [-0.39, 0.29) is 21.8 Å². The molecule has 0 aliphatic heterocycles. The number of benzene rings is 2. The number of halogens is 1. The van der Waals surface area contributed by atoms with Crippen LogP contribution in [-0.2, 0) is 33.4 Å². The number of carbonyl (C=O) groups excluding carboxylic acids is 1. The minimum absolute atomic E-state index is 0.168. The molecule has 10 heteroatoms. The average Bonchev–Trinajstić information content (AvgIpc) is 3.46. The Morgan fingerprint density at radius 3 is 2.61 bits per heavy atom. The van der Waals surface area contributed by atoms with E-state index in [9.17, 15) is 13.2 Å². The van der Waals surface area contributed by atoms with Gasteiger partial charge in [0.15, 0.2) is 9.84 Å². The number of fused-ring (bicyclic) bond motifs is 1. The molecule has 7 nitrogen and oxygen atoms in total. The normalized spacial score (nSPS) is 12.7. The van der Waals surface area contributed by atoms with Gasteiger partial charge in [0, 0.05) is 6.42 Å². The first-order valence-electron chi connectivity index (χ1n) is 11.5. The van der Waals surface area contributed by atoms with Gasteiger partial charge in [0.2, 0.25) is 0 Å². The molecule has 0 spiro atoms. The number of hydrogen-bond donors (Lipinski definition) is 1. The van der Waals surface area contributed by atoms with Gasteiger partial charge in [-0.05, 0) is 55.8 Å². The predicted octanol–water partition coefficient (Wildman–Crippen LogP) is 4.89. The molecule has 0 fully saturated rings. The molecule has 0 unspecified atom stereocenters. The number of hydrogen-bond acceptors (Lipinski definition) is 7. The van der Waals surface area contributed by atoms with Crippen molar-refractivity contribution >= 4 is 49.5 Å². The highest BCUT2D eigenvalue weighted by atomic mass is 35.5. The number of Topliss-reactive ketones (excluding diaryl/α,β-unsaturated/α-hetero) is 1. The highest BCUT2D eigenvalue weighted by molar-refractivity contribution is 7.92. The second-order valence-electron chi connectivity index (χ2n) is 8.57. The lowest BCUT2D eigenvalue weighted by Crippen LogP contribution is -2.30. The van der Waals surface area contributed by atoms with Gasteiger partial charge >= 0.3 is 0 Å². The Kier molecular flexibility index (Phi) is 8.14. The van der Waals surface area contributed by atoms with Crippen molar-refractivity contribution in [2.75, 3.05) is 14.2 Å². The van der Waals surface area contributed by atoms with E-state index in [0.29, 0.717) is 40.6 Å². The molecule has 36 heavy (non-hydrogen) atoms. The molecule has 4 aromatic rings. The summed E-state index contributed by atoms with van der Waals surface area (Å²) >= 11 is 7.01. The van der Waals surface area contributed by atoms with Crippen molar-refractivity contribution in [2.45, 2.75) is 42.3 Å². The minimum Gasteiger partial charge on any atom is -0.496 e. The van der Waals surface area contributed by atoms with E-state index < -0.39 is 9.84 Å². The summed E-state index contributed by atoms with van der Waals surface area (Å²) < 4.78 is 34.2. The van der Waals surface area contributed by atoms with Gasteiger partial charge in [0.05, 0.1) is 40.6 Å². The molecule has 0 bridgehead atoms. The van der Waals surface area contributed by atoms with Crippen LogP contribution in [0.25, 0.3) is 10.9 Å². The summed E-state index contributed by atoms with van der Waals surface area (Å²) in [6.45, 7) is 2.31. The third kappa shape index (κ3) is 5.81. The van der Waals surface area contributed by atoms with Gasteiger partial charge in [-0.3, -0.25) is 9.48 Å². The molecule has 4 rings (SSSR count). The highest BCUT2D eigenvalue weighted by Gasteiger charge is 2.24. The average molecular weight is 546 g/mol. The molecule has 0 amide bonds. The minimum atomic E-state index is -3.63. The smallest absolute Gasteiger partial charge is 0.193 e. The Balaban J connectivity index is 1.64. The SMILES string of the molecule is CN[C@@H](C)C(=O)CCc1cccc(Cn2nc(CS(=O)(=O)c3ccc(Cl)s3)c3c(OC)cccc32)c1. The van der Waals surface area contributed by atoms with Gasteiger partial charge in [0.1, 0.15) is 21.5 Å². The summed E-state index contributed by atoms with van der Waals surface area (Å²) in [7, 11) is -0.296. The van der Waals surface area contributed by atoms with Crippen LogP contribution >= 0.6 is 22.9 Å². The zero-order valence-corrected chi connectivity index (χ0v) is 22.7. The number of likely N-dealkylation sites (N-methyl/N-ethyl adjacent to an activating group) is 1. The second kappa shape index (κ2) is 11.1. The zero-order chi connectivity index (χ0) is 25.9. The van der Waals surface area contributed by atoms with Crippen molar-refractivity contribution in [3.8, 4) is 5.75 Å². The number of ether oxygens (including phenoxy) is 1. The number of methoxy groups -OCH3 is 1.